The minimum Gasteiger partial charge on any atom is -0.373 e. The van der Waals surface area contributed by atoms with Gasteiger partial charge in [-0.2, -0.15) is 0 Å². The molecule has 0 saturated carbocycles. The Balaban J connectivity index is 1.84. The minimum absolute atomic E-state index is 0.674. The summed E-state index contributed by atoms with van der Waals surface area (Å²) < 4.78 is 0. The van der Waals surface area contributed by atoms with Gasteiger partial charge in [-0.05, 0) is 11.1 Å². The molecule has 1 fully saturated rings. The lowest BCUT2D eigenvalue weighted by molar-refractivity contribution is 0.233. The van der Waals surface area contributed by atoms with Crippen molar-refractivity contribution in [3.8, 4) is 0 Å². The highest BCUT2D eigenvalue weighted by Gasteiger charge is 2.25. The molecule has 0 spiro atoms. The molecule has 0 aliphatic carbocycles. The number of likely N-dealkylation sites (N-methyl/N-ethyl adjacent to an activating group) is 1. The van der Waals surface area contributed by atoms with Gasteiger partial charge >= 0.3 is 0 Å². The lowest BCUT2D eigenvalue weighted by atomic mass is 10.0. The summed E-state index contributed by atoms with van der Waals surface area (Å²) in [5, 5.41) is 3.42. The van der Waals surface area contributed by atoms with Gasteiger partial charge < -0.3 is 10.2 Å². The molecule has 1 saturated heterocycles. The summed E-state index contributed by atoms with van der Waals surface area (Å²) in [5.41, 5.74) is 4.52. The van der Waals surface area contributed by atoms with Crippen molar-refractivity contribution >= 4 is 5.69 Å². The van der Waals surface area contributed by atoms with Crippen molar-refractivity contribution in [1.82, 2.24) is 10.2 Å². The Labute approximate surface area is 110 Å². The number of nitrogens with zero attached hydrogens (tertiary/aromatic N) is 2. The van der Waals surface area contributed by atoms with Gasteiger partial charge in [0.15, 0.2) is 0 Å². The van der Waals surface area contributed by atoms with E-state index in [0.717, 1.165) is 26.2 Å². The molecule has 0 radical (unpaired) electrons. The average Bonchev–Trinajstić information content (AvgIpc) is 2.67. The fourth-order valence-corrected chi connectivity index (χ4v) is 3.31. The zero-order valence-electron chi connectivity index (χ0n) is 11.4. The predicted molar refractivity (Wildman–Crippen MR) is 76.3 cm³/mol. The second-order valence-electron chi connectivity index (χ2n) is 5.66. The molecule has 2 aliphatic heterocycles. The van der Waals surface area contributed by atoms with Crippen LogP contribution in [0, 0.1) is 0 Å². The van der Waals surface area contributed by atoms with E-state index in [-0.39, 0.29) is 0 Å². The first kappa shape index (κ1) is 12.0. The second kappa shape index (κ2) is 4.90. The first-order chi connectivity index (χ1) is 8.75. The van der Waals surface area contributed by atoms with Gasteiger partial charge in [0.2, 0.25) is 0 Å². The molecule has 0 amide bonds. The zero-order valence-corrected chi connectivity index (χ0v) is 11.4. The highest BCUT2D eigenvalue weighted by Crippen LogP contribution is 2.38. The maximum absolute atomic E-state index is 3.42. The van der Waals surface area contributed by atoms with E-state index in [4.69, 9.17) is 0 Å². The van der Waals surface area contributed by atoms with Crippen molar-refractivity contribution in [1.29, 1.82) is 0 Å². The Hall–Kier alpha value is -1.06. The van der Waals surface area contributed by atoms with E-state index in [1.807, 2.05) is 0 Å². The standard InChI is InChI=1S/C15H23N3/c1-12-10-17(2)15-13(4-3-5-14(12)15)11-18-8-6-16-7-9-18/h3-5,12,16H,6-11H2,1-2H3. The van der Waals surface area contributed by atoms with E-state index in [9.17, 15) is 0 Å². The molecule has 3 rings (SSSR count). The zero-order chi connectivity index (χ0) is 12.5. The normalized spacial score (nSPS) is 24.3. The van der Waals surface area contributed by atoms with Crippen molar-refractivity contribution < 1.29 is 0 Å². The summed E-state index contributed by atoms with van der Waals surface area (Å²) in [4.78, 5) is 4.99. The van der Waals surface area contributed by atoms with E-state index in [0.29, 0.717) is 5.92 Å². The lowest BCUT2D eigenvalue weighted by Gasteiger charge is -2.28. The molecule has 1 aromatic carbocycles. The molecule has 98 valence electrons. The fourth-order valence-electron chi connectivity index (χ4n) is 3.31. The SMILES string of the molecule is CC1CN(C)c2c(CN3CCNCC3)cccc21. The molecule has 3 heteroatoms. The number of benzene rings is 1. The quantitative estimate of drug-likeness (QED) is 0.854. The van der Waals surface area contributed by atoms with E-state index < -0.39 is 0 Å². The number of fused-ring (bicyclic) bond motifs is 1. The van der Waals surface area contributed by atoms with Crippen molar-refractivity contribution in [2.75, 3.05) is 44.7 Å². The van der Waals surface area contributed by atoms with Crippen molar-refractivity contribution in [3.05, 3.63) is 29.3 Å². The third-order valence-corrected chi connectivity index (χ3v) is 4.21. The Bertz CT molecular complexity index is 424. The fraction of sp³-hybridized carbons (Fsp3) is 0.600. The Kier molecular flexibility index (Phi) is 3.27. The van der Waals surface area contributed by atoms with Gasteiger partial charge in [-0.25, -0.2) is 0 Å². The molecule has 1 N–H and O–H groups in total. The van der Waals surface area contributed by atoms with Crippen molar-refractivity contribution in [2.24, 2.45) is 0 Å². The molecule has 18 heavy (non-hydrogen) atoms. The third-order valence-electron chi connectivity index (χ3n) is 4.21. The molecule has 1 atom stereocenters. The van der Waals surface area contributed by atoms with Crippen LogP contribution >= 0.6 is 0 Å². The van der Waals surface area contributed by atoms with Crippen LogP contribution < -0.4 is 10.2 Å². The van der Waals surface area contributed by atoms with Crippen LogP contribution in [0.15, 0.2) is 18.2 Å². The third kappa shape index (κ3) is 2.13. The summed E-state index contributed by atoms with van der Waals surface area (Å²) in [6.45, 7) is 9.18. The average molecular weight is 245 g/mol. The maximum atomic E-state index is 3.42. The Morgan fingerprint density at radius 3 is 2.83 bits per heavy atom. The number of hydrogen-bond donors (Lipinski definition) is 1. The van der Waals surface area contributed by atoms with Crippen molar-refractivity contribution in [2.45, 2.75) is 19.4 Å². The molecule has 2 aliphatic rings. The monoisotopic (exact) mass is 245 g/mol. The Morgan fingerprint density at radius 1 is 1.28 bits per heavy atom. The minimum atomic E-state index is 0.674. The number of nitrogens with one attached hydrogen (secondary N) is 1. The molecule has 0 bridgehead atoms. The van der Waals surface area contributed by atoms with Crippen LogP contribution in [-0.4, -0.2) is 44.7 Å². The number of anilines is 1. The van der Waals surface area contributed by atoms with E-state index in [1.165, 1.54) is 29.9 Å². The van der Waals surface area contributed by atoms with Crippen LogP contribution in [0.1, 0.15) is 24.0 Å². The van der Waals surface area contributed by atoms with Crippen LogP contribution in [0.2, 0.25) is 0 Å². The molecule has 1 aromatic rings. The van der Waals surface area contributed by atoms with Gasteiger partial charge in [-0.3, -0.25) is 4.90 Å². The molecular formula is C15H23N3. The first-order valence-electron chi connectivity index (χ1n) is 7.01. The lowest BCUT2D eigenvalue weighted by Crippen LogP contribution is -2.43. The van der Waals surface area contributed by atoms with Gasteiger partial charge in [0.25, 0.3) is 0 Å². The van der Waals surface area contributed by atoms with Gasteiger partial charge in [0.1, 0.15) is 0 Å². The van der Waals surface area contributed by atoms with Gasteiger partial charge in [-0.15, -0.1) is 0 Å². The molecule has 2 heterocycles. The molecule has 1 unspecified atom stereocenters. The molecular weight excluding hydrogens is 222 g/mol. The van der Waals surface area contributed by atoms with Gasteiger partial charge in [0, 0.05) is 57.9 Å². The highest BCUT2D eigenvalue weighted by atomic mass is 15.2. The van der Waals surface area contributed by atoms with Crippen LogP contribution in [-0.2, 0) is 6.54 Å². The second-order valence-corrected chi connectivity index (χ2v) is 5.66. The van der Waals surface area contributed by atoms with E-state index >= 15 is 0 Å². The van der Waals surface area contributed by atoms with Gasteiger partial charge in [0.05, 0.1) is 0 Å². The highest BCUT2D eigenvalue weighted by molar-refractivity contribution is 5.64. The predicted octanol–water partition coefficient (Wildman–Crippen LogP) is 1.65. The van der Waals surface area contributed by atoms with Crippen LogP contribution in [0.25, 0.3) is 0 Å². The molecule has 3 nitrogen and oxygen atoms in total. The van der Waals surface area contributed by atoms with Crippen LogP contribution in [0.4, 0.5) is 5.69 Å². The van der Waals surface area contributed by atoms with Crippen LogP contribution in [0.3, 0.4) is 0 Å². The smallest absolute Gasteiger partial charge is 0.0445 e. The van der Waals surface area contributed by atoms with Crippen LogP contribution in [0.5, 0.6) is 0 Å². The molecule has 0 aromatic heterocycles. The Morgan fingerprint density at radius 2 is 2.06 bits per heavy atom. The number of rotatable bonds is 2. The largest absolute Gasteiger partial charge is 0.373 e. The summed E-state index contributed by atoms with van der Waals surface area (Å²) in [6, 6.07) is 6.83. The number of para-hydroxylation sites is 1. The summed E-state index contributed by atoms with van der Waals surface area (Å²) in [7, 11) is 2.23. The van der Waals surface area contributed by atoms with E-state index in [2.05, 4.69) is 47.3 Å². The number of hydrogen-bond acceptors (Lipinski definition) is 3. The summed E-state index contributed by atoms with van der Waals surface area (Å²) in [5.74, 6) is 0.674. The van der Waals surface area contributed by atoms with E-state index in [1.54, 1.807) is 0 Å². The first-order valence-corrected chi connectivity index (χ1v) is 7.01. The van der Waals surface area contributed by atoms with Gasteiger partial charge in [-0.1, -0.05) is 25.1 Å². The van der Waals surface area contributed by atoms with Crippen molar-refractivity contribution in [3.63, 3.8) is 0 Å². The maximum Gasteiger partial charge on any atom is 0.0445 e. The summed E-state index contributed by atoms with van der Waals surface area (Å²) in [6.07, 6.45) is 0. The topological polar surface area (TPSA) is 18.5 Å². The number of piperazine rings is 1. The summed E-state index contributed by atoms with van der Waals surface area (Å²) >= 11 is 0.